The van der Waals surface area contributed by atoms with Crippen LogP contribution in [0.25, 0.3) is 0 Å². The predicted octanol–water partition coefficient (Wildman–Crippen LogP) is 4.70. The minimum Gasteiger partial charge on any atom is -0.460 e. The van der Waals surface area contributed by atoms with Gasteiger partial charge in [-0.15, -0.1) is 0 Å². The number of methoxy groups -OCH3 is 1. The summed E-state index contributed by atoms with van der Waals surface area (Å²) in [5.74, 6) is -5.45. The fourth-order valence-electron chi connectivity index (χ4n) is 7.62. The molecule has 0 unspecified atom stereocenters. The fraction of sp³-hybridized carbons (Fsp3) is 0.681. The van der Waals surface area contributed by atoms with E-state index in [-0.39, 0.29) is 36.2 Å². The summed E-state index contributed by atoms with van der Waals surface area (Å²) in [6.07, 6.45) is 2.26. The summed E-state index contributed by atoms with van der Waals surface area (Å²) in [5, 5.41) is 5.53. The van der Waals surface area contributed by atoms with E-state index in [1.807, 2.05) is 71.9 Å². The quantitative estimate of drug-likeness (QED) is 0.313. The number of nitrogens with one attached hydrogen (secondary N) is 2. The lowest BCUT2D eigenvalue weighted by Crippen LogP contribution is -2.58. The van der Waals surface area contributed by atoms with Crippen molar-refractivity contribution >= 4 is 41.5 Å². The van der Waals surface area contributed by atoms with E-state index >= 15 is 0 Å². The van der Waals surface area contributed by atoms with Crippen LogP contribution in [0.15, 0.2) is 42.0 Å². The number of amides is 5. The fourth-order valence-corrected chi connectivity index (χ4v) is 7.62. The molecular formula is C47H75N5O10. The zero-order valence-electron chi connectivity index (χ0n) is 39.7. The molecule has 1 heterocycles. The van der Waals surface area contributed by atoms with Crippen LogP contribution in [0.2, 0.25) is 0 Å². The van der Waals surface area contributed by atoms with Crippen LogP contribution in [-0.2, 0) is 54.2 Å². The number of esters is 2. The van der Waals surface area contributed by atoms with Crippen LogP contribution in [0, 0.1) is 23.7 Å². The summed E-state index contributed by atoms with van der Waals surface area (Å²) in [7, 11) is 5.94. The molecule has 2 rings (SSSR count). The normalized spacial score (nSPS) is 28.8. The first-order valence-electron chi connectivity index (χ1n) is 22.2. The second-order valence-corrected chi connectivity index (χ2v) is 17.3. The van der Waals surface area contributed by atoms with Crippen molar-refractivity contribution in [3.05, 3.63) is 47.5 Å². The van der Waals surface area contributed by atoms with E-state index in [9.17, 15) is 33.6 Å². The third kappa shape index (κ3) is 14.7. The number of hydrogen-bond donors (Lipinski definition) is 2. The Balaban J connectivity index is 2.70. The highest BCUT2D eigenvalue weighted by Crippen LogP contribution is 2.28. The SMILES string of the molecule is CCC[C@H](C)[C@H]1OC(=O)[C@H](C)N(C)C(=O)[C@H]([C@@H](C)CC)NC(=O)CN(C)C(=O)[C@@H](Cc2ccccc2)N(C)C(=O)[C@H](C)NC(=O)[C@@H]([C@@H](C)CC)OC(=O)/C(C)=C/C[C@H](OC)[C@@H]1C. The van der Waals surface area contributed by atoms with Gasteiger partial charge < -0.3 is 39.5 Å². The van der Waals surface area contributed by atoms with Crippen molar-refractivity contribution in [3.63, 3.8) is 0 Å². The summed E-state index contributed by atoms with van der Waals surface area (Å²) in [5.41, 5.74) is 0.992. The summed E-state index contributed by atoms with van der Waals surface area (Å²) < 4.78 is 18.0. The van der Waals surface area contributed by atoms with Gasteiger partial charge in [0, 0.05) is 52.1 Å². The van der Waals surface area contributed by atoms with Crippen LogP contribution in [0.1, 0.15) is 107 Å². The molecule has 15 nitrogen and oxygen atoms in total. The van der Waals surface area contributed by atoms with Gasteiger partial charge in [-0.2, -0.15) is 0 Å². The minimum atomic E-state index is -1.23. The molecule has 0 fully saturated rings. The number of likely N-dealkylation sites (N-methyl/N-ethyl adjacent to an activating group) is 3. The van der Waals surface area contributed by atoms with Crippen LogP contribution in [-0.4, -0.2) is 133 Å². The van der Waals surface area contributed by atoms with Crippen LogP contribution < -0.4 is 10.6 Å². The third-order valence-corrected chi connectivity index (χ3v) is 12.5. The smallest absolute Gasteiger partial charge is 0.334 e. The van der Waals surface area contributed by atoms with Crippen molar-refractivity contribution in [1.29, 1.82) is 0 Å². The number of carbonyl (C=O) groups excluding carboxylic acids is 7. The topological polar surface area (TPSA) is 181 Å². The Labute approximate surface area is 370 Å². The van der Waals surface area contributed by atoms with Gasteiger partial charge in [-0.1, -0.05) is 97.7 Å². The summed E-state index contributed by atoms with van der Waals surface area (Å²) in [6.45, 7) is 17.5. The van der Waals surface area contributed by atoms with E-state index in [0.717, 1.165) is 18.4 Å². The molecule has 62 heavy (non-hydrogen) atoms. The molecule has 0 saturated carbocycles. The van der Waals surface area contributed by atoms with Gasteiger partial charge in [0.2, 0.25) is 23.6 Å². The highest BCUT2D eigenvalue weighted by Gasteiger charge is 2.39. The van der Waals surface area contributed by atoms with Gasteiger partial charge in [-0.3, -0.25) is 24.0 Å². The molecule has 0 aromatic heterocycles. The second kappa shape index (κ2) is 25.4. The highest BCUT2D eigenvalue weighted by molar-refractivity contribution is 5.96. The number of hydrogen-bond acceptors (Lipinski definition) is 10. The molecule has 1 aliphatic heterocycles. The van der Waals surface area contributed by atoms with Gasteiger partial charge in [0.15, 0.2) is 6.10 Å². The average molecular weight is 870 g/mol. The second-order valence-electron chi connectivity index (χ2n) is 17.3. The maximum atomic E-state index is 14.2. The summed E-state index contributed by atoms with van der Waals surface area (Å²) in [6, 6.07) is 4.80. The number of carbonyl (C=O) groups is 7. The lowest BCUT2D eigenvalue weighted by atomic mass is 9.85. The zero-order valence-corrected chi connectivity index (χ0v) is 39.7. The Bertz CT molecular complexity index is 1700. The van der Waals surface area contributed by atoms with Crippen molar-refractivity contribution in [2.24, 2.45) is 23.7 Å². The summed E-state index contributed by atoms with van der Waals surface area (Å²) >= 11 is 0. The van der Waals surface area contributed by atoms with Crippen LogP contribution in [0.3, 0.4) is 0 Å². The zero-order chi connectivity index (χ0) is 47.0. The summed E-state index contributed by atoms with van der Waals surface area (Å²) in [4.78, 5) is 101. The highest BCUT2D eigenvalue weighted by atomic mass is 16.6. The molecule has 15 heteroatoms. The number of rotatable bonds is 10. The third-order valence-electron chi connectivity index (χ3n) is 12.5. The Hall–Kier alpha value is -4.79. The molecule has 0 bridgehead atoms. The van der Waals surface area contributed by atoms with Crippen LogP contribution in [0.5, 0.6) is 0 Å². The van der Waals surface area contributed by atoms with Gasteiger partial charge in [-0.25, -0.2) is 9.59 Å². The first-order valence-corrected chi connectivity index (χ1v) is 22.2. The van der Waals surface area contributed by atoms with Crippen LogP contribution in [0.4, 0.5) is 0 Å². The lowest BCUT2D eigenvalue weighted by molar-refractivity contribution is -0.166. The van der Waals surface area contributed by atoms with E-state index in [0.29, 0.717) is 12.8 Å². The standard InChI is InChI=1S/C47H75N5O10/c1-15-21-30(6)40-32(8)37(60-14)25-24-31(7)46(58)62-41(29(5)17-3)42(54)48-33(9)43(55)52(13)36(26-35-22-19-18-20-23-35)44(56)50(11)27-38(53)49-39(28(4)16-2)45(57)51(12)34(10)47(59)61-40/h18-20,22-24,28-30,32-34,36-37,39-41H,15-17,21,25-27H2,1-14H3,(H,48,54)(H,49,53)/b31-24+/t28-,29-,30-,32-,33-,34-,36+,37-,39-,40+,41+/m0/s1. The van der Waals surface area contributed by atoms with E-state index in [2.05, 4.69) is 10.6 Å². The predicted molar refractivity (Wildman–Crippen MR) is 237 cm³/mol. The Morgan fingerprint density at radius 2 is 1.40 bits per heavy atom. The maximum absolute atomic E-state index is 14.2. The van der Waals surface area contributed by atoms with Crippen molar-refractivity contribution in [2.75, 3.05) is 34.8 Å². The monoisotopic (exact) mass is 870 g/mol. The molecule has 0 radical (unpaired) electrons. The first-order chi connectivity index (χ1) is 29.1. The average Bonchev–Trinajstić information content (AvgIpc) is 3.25. The van der Waals surface area contributed by atoms with Crippen molar-refractivity contribution in [2.45, 2.75) is 150 Å². The molecule has 1 aromatic carbocycles. The van der Waals surface area contributed by atoms with Gasteiger partial charge >= 0.3 is 11.9 Å². The molecule has 11 atom stereocenters. The maximum Gasteiger partial charge on any atom is 0.334 e. The van der Waals surface area contributed by atoms with Gasteiger partial charge in [-0.05, 0) is 57.4 Å². The van der Waals surface area contributed by atoms with Gasteiger partial charge in [0.25, 0.3) is 5.91 Å². The number of ether oxygens (including phenoxy) is 3. The largest absolute Gasteiger partial charge is 0.460 e. The first kappa shape index (κ1) is 53.3. The van der Waals surface area contributed by atoms with Crippen molar-refractivity contribution < 1.29 is 47.8 Å². The molecule has 0 spiro atoms. The molecule has 5 amide bonds. The van der Waals surface area contributed by atoms with Crippen molar-refractivity contribution in [3.8, 4) is 0 Å². The number of nitrogens with zero attached hydrogens (tertiary/aromatic N) is 3. The Kier molecular flexibility index (Phi) is 21.8. The Morgan fingerprint density at radius 3 is 1.97 bits per heavy atom. The molecular weight excluding hydrogens is 795 g/mol. The van der Waals surface area contributed by atoms with E-state index < -0.39 is 96.4 Å². The molecule has 2 N–H and O–H groups in total. The van der Waals surface area contributed by atoms with Gasteiger partial charge in [0.1, 0.15) is 30.3 Å². The lowest BCUT2D eigenvalue weighted by Gasteiger charge is -2.36. The van der Waals surface area contributed by atoms with Gasteiger partial charge in [0.05, 0.1) is 12.6 Å². The number of benzene rings is 1. The molecule has 1 aliphatic rings. The van der Waals surface area contributed by atoms with E-state index in [1.165, 1.54) is 42.8 Å². The molecule has 348 valence electrons. The Morgan fingerprint density at radius 1 is 0.790 bits per heavy atom. The van der Waals surface area contributed by atoms with E-state index in [4.69, 9.17) is 14.2 Å². The molecule has 0 saturated heterocycles. The minimum absolute atomic E-state index is 0.0882. The van der Waals surface area contributed by atoms with E-state index in [1.54, 1.807) is 34.0 Å². The van der Waals surface area contributed by atoms with Crippen molar-refractivity contribution in [1.82, 2.24) is 25.3 Å². The number of cyclic esters (lactones) is 2. The molecule has 1 aromatic rings. The molecule has 0 aliphatic carbocycles. The van der Waals surface area contributed by atoms with Crippen LogP contribution >= 0.6 is 0 Å².